The Balaban J connectivity index is 2.71. The topological polar surface area (TPSA) is 73.6 Å². The van der Waals surface area contributed by atoms with Crippen LogP contribution in [0.3, 0.4) is 0 Å². The number of fused-ring (bicyclic) bond motifs is 1. The minimum absolute atomic E-state index is 0.0225. The van der Waals surface area contributed by atoms with E-state index in [-0.39, 0.29) is 23.8 Å². The molecule has 0 radical (unpaired) electrons. The zero-order valence-electron chi connectivity index (χ0n) is 9.51. The first-order valence-electron chi connectivity index (χ1n) is 4.93. The Morgan fingerprint density at radius 3 is 2.82 bits per heavy atom. The molecule has 0 bridgehead atoms. The molecule has 2 aromatic rings. The molecule has 0 spiro atoms. The number of hydrogen-bond donors (Lipinski definition) is 1. The molecule has 0 fully saturated rings. The second-order valence-electron chi connectivity index (χ2n) is 3.48. The van der Waals surface area contributed by atoms with E-state index in [0.29, 0.717) is 10.8 Å². The Hall–Kier alpha value is -2.08. The number of phenols is 1. The van der Waals surface area contributed by atoms with E-state index in [4.69, 9.17) is 9.47 Å². The van der Waals surface area contributed by atoms with Crippen LogP contribution in [0.5, 0.6) is 11.5 Å². The summed E-state index contributed by atoms with van der Waals surface area (Å²) in [7, 11) is 2.91. The van der Waals surface area contributed by atoms with Gasteiger partial charge in [-0.15, -0.1) is 0 Å². The van der Waals surface area contributed by atoms with Crippen molar-refractivity contribution in [1.29, 1.82) is 0 Å². The van der Waals surface area contributed by atoms with Gasteiger partial charge in [0.1, 0.15) is 6.73 Å². The second-order valence-corrected chi connectivity index (χ2v) is 3.48. The first-order valence-corrected chi connectivity index (χ1v) is 4.93. The van der Waals surface area contributed by atoms with E-state index in [0.717, 1.165) is 0 Å². The van der Waals surface area contributed by atoms with Crippen LogP contribution in [-0.2, 0) is 11.5 Å². The van der Waals surface area contributed by atoms with E-state index in [1.54, 1.807) is 0 Å². The molecule has 0 unspecified atom stereocenters. The average Bonchev–Trinajstić information content (AvgIpc) is 2.32. The van der Waals surface area contributed by atoms with E-state index >= 15 is 0 Å². The molecule has 0 amide bonds. The van der Waals surface area contributed by atoms with E-state index < -0.39 is 0 Å². The Morgan fingerprint density at radius 2 is 2.18 bits per heavy atom. The van der Waals surface area contributed by atoms with Crippen molar-refractivity contribution in [3.8, 4) is 11.5 Å². The SMILES string of the molecule is COCn1ncc2cc(O)c(OC)cc2c1=O. The summed E-state index contributed by atoms with van der Waals surface area (Å²) >= 11 is 0. The summed E-state index contributed by atoms with van der Waals surface area (Å²) < 4.78 is 11.0. The molecule has 0 saturated carbocycles. The first-order chi connectivity index (χ1) is 8.17. The number of hydrogen-bond acceptors (Lipinski definition) is 5. The molecule has 1 aromatic heterocycles. The first kappa shape index (κ1) is 11.4. The Bertz CT molecular complexity index is 606. The van der Waals surface area contributed by atoms with Crippen molar-refractivity contribution >= 4 is 10.8 Å². The fraction of sp³-hybridized carbons (Fsp3) is 0.273. The monoisotopic (exact) mass is 236 g/mol. The van der Waals surface area contributed by atoms with Crippen molar-refractivity contribution in [2.75, 3.05) is 14.2 Å². The van der Waals surface area contributed by atoms with Crippen molar-refractivity contribution < 1.29 is 14.6 Å². The highest BCUT2D eigenvalue weighted by Crippen LogP contribution is 2.29. The largest absolute Gasteiger partial charge is 0.504 e. The standard InChI is InChI=1S/C11H12N2O4/c1-16-6-13-11(15)8-4-10(17-2)9(14)3-7(8)5-12-13/h3-5,14H,6H2,1-2H3. The zero-order valence-corrected chi connectivity index (χ0v) is 9.51. The Labute approximate surface area is 97.0 Å². The molecular weight excluding hydrogens is 224 g/mol. The Morgan fingerprint density at radius 1 is 1.41 bits per heavy atom. The lowest BCUT2D eigenvalue weighted by atomic mass is 10.2. The van der Waals surface area contributed by atoms with Crippen LogP contribution in [0, 0.1) is 0 Å². The van der Waals surface area contributed by atoms with Gasteiger partial charge in [0.25, 0.3) is 5.56 Å². The number of phenolic OH excluding ortho intramolecular Hbond substituents is 1. The molecule has 0 aliphatic rings. The molecule has 1 N–H and O–H groups in total. The number of aromatic hydroxyl groups is 1. The molecule has 6 heteroatoms. The van der Waals surface area contributed by atoms with Crippen molar-refractivity contribution in [3.63, 3.8) is 0 Å². The van der Waals surface area contributed by atoms with Crippen LogP contribution in [0.15, 0.2) is 23.1 Å². The van der Waals surface area contributed by atoms with Crippen LogP contribution in [0.2, 0.25) is 0 Å². The zero-order chi connectivity index (χ0) is 12.4. The predicted molar refractivity (Wildman–Crippen MR) is 61.2 cm³/mol. The van der Waals surface area contributed by atoms with E-state index in [1.165, 1.54) is 37.2 Å². The maximum absolute atomic E-state index is 12.0. The third-order valence-corrected chi connectivity index (χ3v) is 2.40. The van der Waals surface area contributed by atoms with Crippen molar-refractivity contribution in [1.82, 2.24) is 9.78 Å². The van der Waals surface area contributed by atoms with Gasteiger partial charge in [0.2, 0.25) is 0 Å². The fourth-order valence-corrected chi connectivity index (χ4v) is 1.58. The van der Waals surface area contributed by atoms with Crippen molar-refractivity contribution in [3.05, 3.63) is 28.7 Å². The third kappa shape index (κ3) is 1.94. The summed E-state index contributed by atoms with van der Waals surface area (Å²) in [4.78, 5) is 12.0. The predicted octanol–water partition coefficient (Wildman–Crippen LogP) is 0.715. The lowest BCUT2D eigenvalue weighted by Gasteiger charge is -2.07. The molecule has 1 heterocycles. The summed E-state index contributed by atoms with van der Waals surface area (Å²) in [5, 5.41) is 14.5. The third-order valence-electron chi connectivity index (χ3n) is 2.40. The van der Waals surface area contributed by atoms with Crippen LogP contribution in [0.4, 0.5) is 0 Å². The molecule has 1 aromatic carbocycles. The summed E-state index contributed by atoms with van der Waals surface area (Å²) in [5.74, 6) is 0.232. The van der Waals surface area contributed by atoms with Crippen molar-refractivity contribution in [2.45, 2.75) is 6.73 Å². The maximum Gasteiger partial charge on any atom is 0.276 e. The molecular formula is C11H12N2O4. The van der Waals surface area contributed by atoms with Crippen LogP contribution >= 0.6 is 0 Å². The second kappa shape index (κ2) is 4.42. The highest BCUT2D eigenvalue weighted by atomic mass is 16.5. The smallest absolute Gasteiger partial charge is 0.276 e. The molecule has 0 aliphatic carbocycles. The number of methoxy groups -OCH3 is 2. The summed E-state index contributed by atoms with van der Waals surface area (Å²) in [6, 6.07) is 2.93. The van der Waals surface area contributed by atoms with E-state index in [2.05, 4.69) is 5.10 Å². The number of ether oxygens (including phenoxy) is 2. The van der Waals surface area contributed by atoms with Gasteiger partial charge in [0.15, 0.2) is 11.5 Å². The molecule has 90 valence electrons. The summed E-state index contributed by atoms with van der Waals surface area (Å²) in [6.07, 6.45) is 1.49. The quantitative estimate of drug-likeness (QED) is 0.849. The average molecular weight is 236 g/mol. The van der Waals surface area contributed by atoms with E-state index in [1.807, 2.05) is 0 Å². The highest BCUT2D eigenvalue weighted by Gasteiger charge is 2.09. The van der Waals surface area contributed by atoms with Crippen LogP contribution in [0.1, 0.15) is 0 Å². The number of nitrogens with zero attached hydrogens (tertiary/aromatic N) is 2. The van der Waals surface area contributed by atoms with Gasteiger partial charge in [-0.2, -0.15) is 5.10 Å². The van der Waals surface area contributed by atoms with Gasteiger partial charge < -0.3 is 14.6 Å². The van der Waals surface area contributed by atoms with Gasteiger partial charge in [-0.3, -0.25) is 4.79 Å². The van der Waals surface area contributed by atoms with Gasteiger partial charge >= 0.3 is 0 Å². The lowest BCUT2D eigenvalue weighted by molar-refractivity contribution is 0.117. The van der Waals surface area contributed by atoms with Crippen LogP contribution < -0.4 is 10.3 Å². The molecule has 0 saturated heterocycles. The molecule has 0 aliphatic heterocycles. The van der Waals surface area contributed by atoms with Gasteiger partial charge in [-0.25, -0.2) is 4.68 Å². The minimum Gasteiger partial charge on any atom is -0.504 e. The van der Waals surface area contributed by atoms with E-state index in [9.17, 15) is 9.90 Å². The summed E-state index contributed by atoms with van der Waals surface area (Å²) in [6.45, 7) is 0.0813. The van der Waals surface area contributed by atoms with Crippen LogP contribution in [0.25, 0.3) is 10.8 Å². The molecule has 17 heavy (non-hydrogen) atoms. The minimum atomic E-state index is -0.289. The van der Waals surface area contributed by atoms with Gasteiger partial charge in [0.05, 0.1) is 18.7 Å². The number of aromatic nitrogens is 2. The van der Waals surface area contributed by atoms with Gasteiger partial charge in [-0.05, 0) is 12.1 Å². The highest BCUT2D eigenvalue weighted by molar-refractivity contribution is 5.84. The molecule has 0 atom stereocenters. The van der Waals surface area contributed by atoms with Crippen molar-refractivity contribution in [2.24, 2.45) is 0 Å². The maximum atomic E-state index is 12.0. The summed E-state index contributed by atoms with van der Waals surface area (Å²) in [5.41, 5.74) is -0.289. The lowest BCUT2D eigenvalue weighted by Crippen LogP contribution is -2.23. The fourth-order valence-electron chi connectivity index (χ4n) is 1.58. The van der Waals surface area contributed by atoms with Gasteiger partial charge in [0, 0.05) is 12.5 Å². The molecule has 6 nitrogen and oxygen atoms in total. The normalized spacial score (nSPS) is 10.7. The Kier molecular flexibility index (Phi) is 2.97. The van der Waals surface area contributed by atoms with Gasteiger partial charge in [-0.1, -0.05) is 0 Å². The number of rotatable bonds is 3. The number of benzene rings is 1. The molecule has 2 rings (SSSR count). The van der Waals surface area contributed by atoms with Crippen LogP contribution in [-0.4, -0.2) is 29.1 Å².